The van der Waals surface area contributed by atoms with Gasteiger partial charge in [-0.1, -0.05) is 37.1 Å². The third-order valence-electron chi connectivity index (χ3n) is 6.47. The Kier molecular flexibility index (Phi) is 10.6. The van der Waals surface area contributed by atoms with E-state index in [4.69, 9.17) is 9.47 Å². The molecule has 2 amide bonds. The fourth-order valence-corrected chi connectivity index (χ4v) is 5.00. The zero-order valence-electron chi connectivity index (χ0n) is 22.6. The number of rotatable bonds is 13. The molecule has 37 heavy (non-hydrogen) atoms. The Balaban J connectivity index is 1.79. The minimum Gasteiger partial charge on any atom is -0.493 e. The summed E-state index contributed by atoms with van der Waals surface area (Å²) < 4.78 is 10.8. The largest absolute Gasteiger partial charge is 0.493 e. The molecule has 6 nitrogen and oxygen atoms in total. The highest BCUT2D eigenvalue weighted by Gasteiger charge is 2.23. The molecule has 0 radical (unpaired) electrons. The third kappa shape index (κ3) is 7.83. The number of hydrogen-bond acceptors (Lipinski definition) is 5. The minimum absolute atomic E-state index is 0.0511. The average molecular weight is 523 g/mol. The molecule has 1 heterocycles. The molecule has 0 N–H and O–H groups in total. The number of methoxy groups -OCH3 is 2. The Morgan fingerprint density at radius 2 is 1.62 bits per heavy atom. The van der Waals surface area contributed by atoms with Gasteiger partial charge in [0.1, 0.15) is 6.54 Å². The lowest BCUT2D eigenvalue weighted by molar-refractivity contribution is -0.132. The zero-order valence-corrected chi connectivity index (χ0v) is 23.4. The Morgan fingerprint density at radius 3 is 2.24 bits per heavy atom. The standard InChI is InChI=1S/C30H38N2O4S/c1-6-7-16-32(30(34)25-11-8-22(2)9-12-25)21-29(33)31(20-28-23(3)15-18-37-28)17-14-24-10-13-26(35-4)27(19-24)36-5/h8-13,15,18-19H,6-7,14,16-17,20-21H2,1-5H3. The number of carbonyl (C=O) groups is 2. The molecule has 0 atom stereocenters. The molecule has 0 unspecified atom stereocenters. The quantitative estimate of drug-likeness (QED) is 0.281. The molecule has 0 bridgehead atoms. The summed E-state index contributed by atoms with van der Waals surface area (Å²) in [6, 6.07) is 15.4. The van der Waals surface area contributed by atoms with Crippen molar-refractivity contribution in [1.82, 2.24) is 9.80 Å². The zero-order chi connectivity index (χ0) is 26.8. The van der Waals surface area contributed by atoms with Crippen LogP contribution in [0.1, 0.15) is 51.7 Å². The molecule has 0 aliphatic rings. The lowest BCUT2D eigenvalue weighted by atomic mass is 10.1. The van der Waals surface area contributed by atoms with Gasteiger partial charge in [0.05, 0.1) is 20.8 Å². The van der Waals surface area contributed by atoms with Crippen molar-refractivity contribution in [2.75, 3.05) is 33.9 Å². The van der Waals surface area contributed by atoms with Crippen molar-refractivity contribution >= 4 is 23.2 Å². The fraction of sp³-hybridized carbons (Fsp3) is 0.400. The van der Waals surface area contributed by atoms with E-state index in [2.05, 4.69) is 25.3 Å². The van der Waals surface area contributed by atoms with Gasteiger partial charge in [-0.15, -0.1) is 11.3 Å². The van der Waals surface area contributed by atoms with Crippen molar-refractivity contribution in [3.05, 3.63) is 81.0 Å². The molecule has 0 aliphatic heterocycles. The van der Waals surface area contributed by atoms with Crippen LogP contribution in [0.15, 0.2) is 53.9 Å². The monoisotopic (exact) mass is 522 g/mol. The van der Waals surface area contributed by atoms with Gasteiger partial charge < -0.3 is 19.3 Å². The second-order valence-corrected chi connectivity index (χ2v) is 10.2. The summed E-state index contributed by atoms with van der Waals surface area (Å²) in [4.78, 5) is 31.7. The molecule has 0 saturated heterocycles. The minimum atomic E-state index is -0.103. The molecule has 7 heteroatoms. The van der Waals surface area contributed by atoms with Gasteiger partial charge >= 0.3 is 0 Å². The van der Waals surface area contributed by atoms with E-state index in [1.807, 2.05) is 54.3 Å². The van der Waals surface area contributed by atoms with Gasteiger partial charge in [-0.3, -0.25) is 9.59 Å². The number of thiophene rings is 1. The van der Waals surface area contributed by atoms with Gasteiger partial charge in [0.15, 0.2) is 11.5 Å². The summed E-state index contributed by atoms with van der Waals surface area (Å²) in [6.45, 7) is 7.82. The first kappa shape index (κ1) is 28.3. The molecule has 3 rings (SSSR count). The number of ether oxygens (including phenoxy) is 2. The van der Waals surface area contributed by atoms with E-state index >= 15 is 0 Å². The van der Waals surface area contributed by atoms with Gasteiger partial charge in [-0.25, -0.2) is 0 Å². The molecule has 2 aromatic carbocycles. The van der Waals surface area contributed by atoms with Gasteiger partial charge in [0.2, 0.25) is 5.91 Å². The topological polar surface area (TPSA) is 59.1 Å². The van der Waals surface area contributed by atoms with Crippen molar-refractivity contribution in [2.45, 2.75) is 46.6 Å². The van der Waals surface area contributed by atoms with Crippen LogP contribution in [-0.2, 0) is 17.8 Å². The lowest BCUT2D eigenvalue weighted by Gasteiger charge is -2.28. The van der Waals surface area contributed by atoms with E-state index in [1.165, 1.54) is 5.56 Å². The number of benzene rings is 2. The van der Waals surface area contributed by atoms with Gasteiger partial charge in [-0.2, -0.15) is 0 Å². The van der Waals surface area contributed by atoms with Crippen molar-refractivity contribution < 1.29 is 19.1 Å². The summed E-state index contributed by atoms with van der Waals surface area (Å²) in [5.41, 5.74) is 3.94. The molecule has 198 valence electrons. The molecular weight excluding hydrogens is 484 g/mol. The molecule has 0 saturated carbocycles. The summed E-state index contributed by atoms with van der Waals surface area (Å²) >= 11 is 1.65. The molecule has 3 aromatic rings. The van der Waals surface area contributed by atoms with E-state index in [1.54, 1.807) is 30.5 Å². The SMILES string of the molecule is CCCCN(CC(=O)N(CCc1ccc(OC)c(OC)c1)Cc1sccc1C)C(=O)c1ccc(C)cc1. The highest BCUT2D eigenvalue weighted by atomic mass is 32.1. The maximum atomic E-state index is 13.7. The molecular formula is C30H38N2O4S. The number of carbonyl (C=O) groups excluding carboxylic acids is 2. The molecule has 0 aliphatic carbocycles. The number of amides is 2. The number of nitrogens with zero attached hydrogens (tertiary/aromatic N) is 2. The summed E-state index contributed by atoms with van der Waals surface area (Å²) in [5.74, 6) is 1.19. The third-order valence-corrected chi connectivity index (χ3v) is 7.47. The number of aryl methyl sites for hydroxylation is 2. The Labute approximate surface area is 224 Å². The average Bonchev–Trinajstić information content (AvgIpc) is 3.32. The number of hydrogen-bond donors (Lipinski definition) is 0. The second-order valence-electron chi connectivity index (χ2n) is 9.23. The maximum Gasteiger partial charge on any atom is 0.254 e. The van der Waals surface area contributed by atoms with Crippen molar-refractivity contribution in [3.8, 4) is 11.5 Å². The second kappa shape index (κ2) is 13.8. The van der Waals surface area contributed by atoms with Crippen LogP contribution in [0.5, 0.6) is 11.5 Å². The first-order valence-corrected chi connectivity index (χ1v) is 13.6. The Morgan fingerprint density at radius 1 is 0.892 bits per heavy atom. The van der Waals surface area contributed by atoms with E-state index in [9.17, 15) is 9.59 Å². The van der Waals surface area contributed by atoms with Gasteiger partial charge in [0.25, 0.3) is 5.91 Å². The highest BCUT2D eigenvalue weighted by molar-refractivity contribution is 7.10. The van der Waals surface area contributed by atoms with E-state index in [0.717, 1.165) is 28.8 Å². The van der Waals surface area contributed by atoms with Gasteiger partial charge in [-0.05, 0) is 73.5 Å². The number of unbranched alkanes of at least 4 members (excludes halogenated alkanes) is 1. The van der Waals surface area contributed by atoms with Crippen LogP contribution in [0.3, 0.4) is 0 Å². The highest BCUT2D eigenvalue weighted by Crippen LogP contribution is 2.28. The fourth-order valence-electron chi connectivity index (χ4n) is 4.07. The summed E-state index contributed by atoms with van der Waals surface area (Å²) in [7, 11) is 3.23. The maximum absolute atomic E-state index is 13.7. The van der Waals surface area contributed by atoms with Crippen LogP contribution in [-0.4, -0.2) is 55.5 Å². The summed E-state index contributed by atoms with van der Waals surface area (Å²) in [6.07, 6.45) is 2.46. The van der Waals surface area contributed by atoms with Crippen molar-refractivity contribution in [2.24, 2.45) is 0 Å². The molecule has 1 aromatic heterocycles. The van der Waals surface area contributed by atoms with Crippen molar-refractivity contribution in [3.63, 3.8) is 0 Å². The van der Waals surface area contributed by atoms with Crippen LogP contribution in [0.2, 0.25) is 0 Å². The Hall–Kier alpha value is -3.32. The normalized spacial score (nSPS) is 10.7. The first-order valence-electron chi connectivity index (χ1n) is 12.7. The predicted molar refractivity (Wildman–Crippen MR) is 150 cm³/mol. The van der Waals surface area contributed by atoms with Gasteiger partial charge in [0, 0.05) is 23.5 Å². The van der Waals surface area contributed by atoms with Crippen LogP contribution >= 0.6 is 11.3 Å². The Bertz CT molecular complexity index is 1170. The first-order chi connectivity index (χ1) is 17.9. The molecule has 0 spiro atoms. The van der Waals surface area contributed by atoms with E-state index < -0.39 is 0 Å². The van der Waals surface area contributed by atoms with Crippen LogP contribution in [0, 0.1) is 13.8 Å². The van der Waals surface area contributed by atoms with Crippen LogP contribution in [0.25, 0.3) is 0 Å². The lowest BCUT2D eigenvalue weighted by Crippen LogP contribution is -2.43. The van der Waals surface area contributed by atoms with Crippen molar-refractivity contribution in [1.29, 1.82) is 0 Å². The smallest absolute Gasteiger partial charge is 0.254 e. The van der Waals surface area contributed by atoms with E-state index in [-0.39, 0.29) is 18.4 Å². The van der Waals surface area contributed by atoms with Crippen LogP contribution in [0.4, 0.5) is 0 Å². The predicted octanol–water partition coefficient (Wildman–Crippen LogP) is 5.90. The summed E-state index contributed by atoms with van der Waals surface area (Å²) in [5, 5.41) is 2.05. The molecule has 0 fully saturated rings. The van der Waals surface area contributed by atoms with Crippen LogP contribution < -0.4 is 9.47 Å². The van der Waals surface area contributed by atoms with E-state index in [0.29, 0.717) is 43.1 Å².